The number of carbonyl (C=O) groups is 1. The molecule has 0 aromatic heterocycles. The molecule has 1 aliphatic rings. The van der Waals surface area contributed by atoms with Crippen molar-refractivity contribution in [1.82, 2.24) is 10.2 Å². The molecule has 3 nitrogen and oxygen atoms in total. The fraction of sp³-hybridized carbons (Fsp3) is 0.941. The van der Waals surface area contributed by atoms with Crippen LogP contribution in [0.5, 0.6) is 0 Å². The van der Waals surface area contributed by atoms with Crippen LogP contribution in [0.3, 0.4) is 0 Å². The summed E-state index contributed by atoms with van der Waals surface area (Å²) in [6.07, 6.45) is 6.23. The zero-order valence-electron chi connectivity index (χ0n) is 14.3. The van der Waals surface area contributed by atoms with Gasteiger partial charge in [0.25, 0.3) is 0 Å². The molecule has 3 heteroatoms. The third-order valence-corrected chi connectivity index (χ3v) is 4.41. The monoisotopic (exact) mass is 282 g/mol. The van der Waals surface area contributed by atoms with Crippen molar-refractivity contribution in [2.75, 3.05) is 6.54 Å². The summed E-state index contributed by atoms with van der Waals surface area (Å²) in [4.78, 5) is 14.7. The number of hydrogen-bond donors (Lipinski definition) is 1. The Balaban J connectivity index is 2.66. The summed E-state index contributed by atoms with van der Waals surface area (Å²) in [5, 5.41) is 3.51. The second kappa shape index (κ2) is 7.44. The van der Waals surface area contributed by atoms with Gasteiger partial charge < -0.3 is 4.90 Å². The fourth-order valence-corrected chi connectivity index (χ4v) is 3.10. The Morgan fingerprint density at radius 2 is 1.90 bits per heavy atom. The maximum atomic E-state index is 12.6. The summed E-state index contributed by atoms with van der Waals surface area (Å²) in [5.74, 6) is 0.667. The minimum absolute atomic E-state index is 0.00592. The van der Waals surface area contributed by atoms with Crippen LogP contribution in [0, 0.1) is 11.3 Å². The molecule has 0 bridgehead atoms. The molecule has 20 heavy (non-hydrogen) atoms. The van der Waals surface area contributed by atoms with E-state index in [1.165, 1.54) is 25.7 Å². The summed E-state index contributed by atoms with van der Waals surface area (Å²) in [6, 6.07) is 0.00592. The lowest BCUT2D eigenvalue weighted by Gasteiger charge is -2.33. The van der Waals surface area contributed by atoms with Crippen molar-refractivity contribution in [3.63, 3.8) is 0 Å². The summed E-state index contributed by atoms with van der Waals surface area (Å²) in [7, 11) is 0. The first kappa shape index (κ1) is 17.5. The van der Waals surface area contributed by atoms with E-state index in [9.17, 15) is 4.79 Å². The van der Waals surface area contributed by atoms with Gasteiger partial charge in [0, 0.05) is 6.54 Å². The van der Waals surface area contributed by atoms with Gasteiger partial charge >= 0.3 is 0 Å². The standard InChI is InChI=1S/C17H34N2O/c1-7-9-10-11-17(5,6)12-19-14(8-2)18-15(13(3)4)16(19)20/h13-15,18H,7-12H2,1-6H3. The number of carbonyl (C=O) groups excluding carboxylic acids is 1. The Morgan fingerprint density at radius 3 is 2.40 bits per heavy atom. The number of hydrogen-bond acceptors (Lipinski definition) is 2. The van der Waals surface area contributed by atoms with Gasteiger partial charge in [-0.2, -0.15) is 0 Å². The van der Waals surface area contributed by atoms with E-state index in [2.05, 4.69) is 51.8 Å². The molecule has 0 aliphatic carbocycles. The molecule has 0 radical (unpaired) electrons. The molecule has 0 aromatic rings. The van der Waals surface area contributed by atoms with Gasteiger partial charge in [-0.15, -0.1) is 0 Å². The van der Waals surface area contributed by atoms with Gasteiger partial charge in [0.2, 0.25) is 5.91 Å². The average molecular weight is 282 g/mol. The zero-order chi connectivity index (χ0) is 15.3. The van der Waals surface area contributed by atoms with Gasteiger partial charge in [0.1, 0.15) is 0 Å². The summed E-state index contributed by atoms with van der Waals surface area (Å²) in [6.45, 7) is 14.1. The Hall–Kier alpha value is -0.570. The average Bonchev–Trinajstić information content (AvgIpc) is 2.66. The van der Waals surface area contributed by atoms with Crippen molar-refractivity contribution in [3.05, 3.63) is 0 Å². The highest BCUT2D eigenvalue weighted by molar-refractivity contribution is 5.84. The number of unbranched alkanes of at least 4 members (excludes halogenated alkanes) is 2. The van der Waals surface area contributed by atoms with Crippen LogP contribution in [0.15, 0.2) is 0 Å². The van der Waals surface area contributed by atoms with E-state index in [1.54, 1.807) is 0 Å². The minimum atomic E-state index is 0.00592. The second-order valence-corrected chi connectivity index (χ2v) is 7.40. The molecule has 1 rings (SSSR count). The fourth-order valence-electron chi connectivity index (χ4n) is 3.10. The van der Waals surface area contributed by atoms with E-state index < -0.39 is 0 Å². The van der Waals surface area contributed by atoms with Crippen molar-refractivity contribution in [3.8, 4) is 0 Å². The third kappa shape index (κ3) is 4.47. The summed E-state index contributed by atoms with van der Waals surface area (Å²) >= 11 is 0. The maximum absolute atomic E-state index is 12.6. The number of nitrogens with zero attached hydrogens (tertiary/aromatic N) is 1. The van der Waals surface area contributed by atoms with E-state index in [0.29, 0.717) is 11.8 Å². The first-order valence-electron chi connectivity index (χ1n) is 8.39. The first-order valence-corrected chi connectivity index (χ1v) is 8.39. The molecule has 118 valence electrons. The van der Waals surface area contributed by atoms with Gasteiger partial charge in [-0.05, 0) is 24.2 Å². The molecule has 0 spiro atoms. The van der Waals surface area contributed by atoms with Crippen molar-refractivity contribution in [2.24, 2.45) is 11.3 Å². The normalized spacial score (nSPS) is 23.9. The number of rotatable bonds is 8. The van der Waals surface area contributed by atoms with Gasteiger partial charge in [-0.25, -0.2) is 0 Å². The smallest absolute Gasteiger partial charge is 0.241 e. The van der Waals surface area contributed by atoms with E-state index in [0.717, 1.165) is 13.0 Å². The topological polar surface area (TPSA) is 32.3 Å². The van der Waals surface area contributed by atoms with E-state index in [1.807, 2.05) is 0 Å². The van der Waals surface area contributed by atoms with Crippen LogP contribution in [0.4, 0.5) is 0 Å². The Bertz CT molecular complexity index is 312. The van der Waals surface area contributed by atoms with Crippen LogP contribution >= 0.6 is 0 Å². The number of nitrogens with one attached hydrogen (secondary N) is 1. The lowest BCUT2D eigenvalue weighted by atomic mass is 9.86. The molecule has 0 saturated carbocycles. The number of amides is 1. The Labute approximate surface area is 125 Å². The molecule has 1 N–H and O–H groups in total. The molecule has 1 heterocycles. The molecule has 1 fully saturated rings. The van der Waals surface area contributed by atoms with E-state index in [4.69, 9.17) is 0 Å². The Morgan fingerprint density at radius 1 is 1.25 bits per heavy atom. The van der Waals surface area contributed by atoms with Gasteiger partial charge in [-0.3, -0.25) is 10.1 Å². The SMILES string of the molecule is CCCCCC(C)(C)CN1C(=O)C(C(C)C)NC1CC. The second-order valence-electron chi connectivity index (χ2n) is 7.40. The Kier molecular flexibility index (Phi) is 6.50. The minimum Gasteiger partial charge on any atom is -0.325 e. The zero-order valence-corrected chi connectivity index (χ0v) is 14.3. The summed E-state index contributed by atoms with van der Waals surface area (Å²) < 4.78 is 0. The van der Waals surface area contributed by atoms with Gasteiger partial charge in [0.05, 0.1) is 12.2 Å². The highest BCUT2D eigenvalue weighted by Crippen LogP contribution is 2.29. The van der Waals surface area contributed by atoms with E-state index >= 15 is 0 Å². The highest BCUT2D eigenvalue weighted by Gasteiger charge is 2.41. The van der Waals surface area contributed by atoms with Crippen molar-refractivity contribution in [2.45, 2.75) is 85.9 Å². The third-order valence-electron chi connectivity index (χ3n) is 4.41. The predicted molar refractivity (Wildman–Crippen MR) is 85.5 cm³/mol. The summed E-state index contributed by atoms with van der Waals surface area (Å²) in [5.41, 5.74) is 0.214. The van der Waals surface area contributed by atoms with Crippen LogP contribution < -0.4 is 5.32 Å². The van der Waals surface area contributed by atoms with Crippen LogP contribution in [0.1, 0.15) is 73.6 Å². The van der Waals surface area contributed by atoms with Crippen molar-refractivity contribution in [1.29, 1.82) is 0 Å². The molecule has 1 saturated heterocycles. The van der Waals surface area contributed by atoms with Crippen LogP contribution in [0.2, 0.25) is 0 Å². The molecule has 2 unspecified atom stereocenters. The molecular formula is C17H34N2O. The molecule has 0 aromatic carbocycles. The van der Waals surface area contributed by atoms with Crippen molar-refractivity contribution >= 4 is 5.91 Å². The van der Waals surface area contributed by atoms with Crippen molar-refractivity contribution < 1.29 is 4.79 Å². The lowest BCUT2D eigenvalue weighted by molar-refractivity contribution is -0.132. The largest absolute Gasteiger partial charge is 0.325 e. The lowest BCUT2D eigenvalue weighted by Crippen LogP contribution is -2.42. The molecule has 1 amide bonds. The molecular weight excluding hydrogens is 248 g/mol. The van der Waals surface area contributed by atoms with Crippen LogP contribution in [-0.4, -0.2) is 29.6 Å². The predicted octanol–water partition coefficient (Wildman–Crippen LogP) is 3.79. The van der Waals surface area contributed by atoms with Crippen LogP contribution in [0.25, 0.3) is 0 Å². The van der Waals surface area contributed by atoms with Crippen LogP contribution in [-0.2, 0) is 4.79 Å². The quantitative estimate of drug-likeness (QED) is 0.687. The molecule has 1 aliphatic heterocycles. The van der Waals surface area contributed by atoms with Gasteiger partial charge in [-0.1, -0.05) is 60.8 Å². The first-order chi connectivity index (χ1) is 9.32. The van der Waals surface area contributed by atoms with Gasteiger partial charge in [0.15, 0.2) is 0 Å². The highest BCUT2D eigenvalue weighted by atomic mass is 16.2. The maximum Gasteiger partial charge on any atom is 0.241 e. The van der Waals surface area contributed by atoms with E-state index in [-0.39, 0.29) is 17.6 Å². The molecule has 2 atom stereocenters.